The van der Waals surface area contributed by atoms with Crippen LogP contribution in [0.2, 0.25) is 0 Å². The summed E-state index contributed by atoms with van der Waals surface area (Å²) in [4.78, 5) is 0. The van der Waals surface area contributed by atoms with Crippen LogP contribution in [0.25, 0.3) is 6.08 Å². The predicted molar refractivity (Wildman–Crippen MR) is 71.9 cm³/mol. The smallest absolute Gasteiger partial charge is 0.208 e. The van der Waals surface area contributed by atoms with Crippen molar-refractivity contribution in [2.75, 3.05) is 7.05 Å². The lowest BCUT2D eigenvalue weighted by molar-refractivity contribution is 0.386. The zero-order valence-corrected chi connectivity index (χ0v) is 11.3. The Balaban J connectivity index is 2.84. The minimum atomic E-state index is -3.32. The molecule has 1 aromatic carbocycles. The molecule has 0 fully saturated rings. The monoisotopic (exact) mass is 253 g/mol. The highest BCUT2D eigenvalue weighted by Crippen LogP contribution is 2.11. The molecule has 0 amide bonds. The SMILES string of the molecule is CCC(C)N(C)S(=O)(=O)/C=C/c1ccccc1. The summed E-state index contributed by atoms with van der Waals surface area (Å²) in [5.74, 6) is 0. The highest BCUT2D eigenvalue weighted by Gasteiger charge is 2.18. The van der Waals surface area contributed by atoms with Crippen LogP contribution in [0.3, 0.4) is 0 Å². The molecule has 0 aliphatic carbocycles. The Labute approximate surface area is 104 Å². The van der Waals surface area contributed by atoms with Crippen LogP contribution in [-0.4, -0.2) is 25.8 Å². The maximum absolute atomic E-state index is 11.9. The third-order valence-corrected chi connectivity index (χ3v) is 4.49. The fraction of sp³-hybridized carbons (Fsp3) is 0.385. The van der Waals surface area contributed by atoms with Crippen LogP contribution in [0.5, 0.6) is 0 Å². The molecule has 0 bridgehead atoms. The molecule has 0 aliphatic rings. The van der Waals surface area contributed by atoms with Gasteiger partial charge in [-0.3, -0.25) is 0 Å². The van der Waals surface area contributed by atoms with Gasteiger partial charge in [0.25, 0.3) is 0 Å². The lowest BCUT2D eigenvalue weighted by Crippen LogP contribution is -2.33. The van der Waals surface area contributed by atoms with E-state index >= 15 is 0 Å². The van der Waals surface area contributed by atoms with Crippen LogP contribution < -0.4 is 0 Å². The first-order chi connectivity index (χ1) is 7.97. The Morgan fingerprint density at radius 2 is 1.88 bits per heavy atom. The first-order valence-electron chi connectivity index (χ1n) is 5.68. The van der Waals surface area contributed by atoms with Gasteiger partial charge in [-0.05, 0) is 25.0 Å². The van der Waals surface area contributed by atoms with Gasteiger partial charge in [0.2, 0.25) is 10.0 Å². The maximum Gasteiger partial charge on any atom is 0.236 e. The first kappa shape index (κ1) is 13.9. The van der Waals surface area contributed by atoms with Crippen LogP contribution in [0.4, 0.5) is 0 Å². The Morgan fingerprint density at radius 1 is 1.29 bits per heavy atom. The molecule has 3 nitrogen and oxygen atoms in total. The van der Waals surface area contributed by atoms with Crippen molar-refractivity contribution in [3.05, 3.63) is 41.3 Å². The summed E-state index contributed by atoms with van der Waals surface area (Å²) in [7, 11) is -1.71. The molecule has 4 heteroatoms. The van der Waals surface area contributed by atoms with Crippen molar-refractivity contribution in [2.24, 2.45) is 0 Å². The van der Waals surface area contributed by atoms with Crippen LogP contribution in [0, 0.1) is 0 Å². The number of hydrogen-bond acceptors (Lipinski definition) is 2. The number of hydrogen-bond donors (Lipinski definition) is 0. The second-order valence-electron chi connectivity index (χ2n) is 4.03. The van der Waals surface area contributed by atoms with Crippen LogP contribution >= 0.6 is 0 Å². The molecule has 1 aromatic rings. The summed E-state index contributed by atoms with van der Waals surface area (Å²) in [6.07, 6.45) is 2.42. The molecule has 0 aromatic heterocycles. The normalized spacial score (nSPS) is 14.4. The summed E-state index contributed by atoms with van der Waals surface area (Å²) in [6.45, 7) is 3.87. The molecule has 94 valence electrons. The van der Waals surface area contributed by atoms with E-state index in [1.165, 1.54) is 9.71 Å². The van der Waals surface area contributed by atoms with Gasteiger partial charge in [0.15, 0.2) is 0 Å². The van der Waals surface area contributed by atoms with E-state index in [0.29, 0.717) is 0 Å². The van der Waals surface area contributed by atoms with Gasteiger partial charge in [-0.15, -0.1) is 0 Å². The Bertz CT molecular complexity index is 465. The van der Waals surface area contributed by atoms with E-state index in [0.717, 1.165) is 12.0 Å². The number of benzene rings is 1. The summed E-state index contributed by atoms with van der Waals surface area (Å²) in [5, 5.41) is 1.26. The predicted octanol–water partition coefficient (Wildman–Crippen LogP) is 2.72. The van der Waals surface area contributed by atoms with Gasteiger partial charge in [-0.1, -0.05) is 37.3 Å². The summed E-state index contributed by atoms with van der Waals surface area (Å²) < 4.78 is 25.3. The zero-order valence-electron chi connectivity index (χ0n) is 10.5. The number of nitrogens with zero attached hydrogens (tertiary/aromatic N) is 1. The lowest BCUT2D eigenvalue weighted by atomic mass is 10.2. The summed E-state index contributed by atoms with van der Waals surface area (Å²) >= 11 is 0. The van der Waals surface area contributed by atoms with Crippen molar-refractivity contribution in [2.45, 2.75) is 26.3 Å². The van der Waals surface area contributed by atoms with E-state index in [1.54, 1.807) is 13.1 Å². The van der Waals surface area contributed by atoms with E-state index in [2.05, 4.69) is 0 Å². The molecule has 0 aliphatic heterocycles. The van der Waals surface area contributed by atoms with E-state index < -0.39 is 10.0 Å². The summed E-state index contributed by atoms with van der Waals surface area (Å²) in [6, 6.07) is 9.41. The second-order valence-corrected chi connectivity index (χ2v) is 5.91. The number of sulfonamides is 1. The van der Waals surface area contributed by atoms with E-state index in [1.807, 2.05) is 44.2 Å². The molecular weight excluding hydrogens is 234 g/mol. The van der Waals surface area contributed by atoms with E-state index in [9.17, 15) is 8.42 Å². The van der Waals surface area contributed by atoms with Crippen LogP contribution in [-0.2, 0) is 10.0 Å². The molecular formula is C13H19NO2S. The largest absolute Gasteiger partial charge is 0.236 e. The Hall–Kier alpha value is -1.13. The van der Waals surface area contributed by atoms with Crippen molar-refractivity contribution in [1.82, 2.24) is 4.31 Å². The molecule has 1 atom stereocenters. The highest BCUT2D eigenvalue weighted by molar-refractivity contribution is 7.92. The fourth-order valence-electron chi connectivity index (χ4n) is 1.33. The molecule has 0 heterocycles. The van der Waals surface area contributed by atoms with Gasteiger partial charge in [-0.2, -0.15) is 4.31 Å². The molecule has 0 N–H and O–H groups in total. The van der Waals surface area contributed by atoms with Crippen molar-refractivity contribution in [3.63, 3.8) is 0 Å². The molecule has 1 rings (SSSR count). The van der Waals surface area contributed by atoms with E-state index in [4.69, 9.17) is 0 Å². The number of rotatable bonds is 5. The molecule has 0 saturated carbocycles. The zero-order chi connectivity index (χ0) is 12.9. The topological polar surface area (TPSA) is 37.4 Å². The average Bonchev–Trinajstić information content (AvgIpc) is 2.36. The van der Waals surface area contributed by atoms with Crippen molar-refractivity contribution >= 4 is 16.1 Å². The van der Waals surface area contributed by atoms with E-state index in [-0.39, 0.29) is 6.04 Å². The fourth-order valence-corrected chi connectivity index (χ4v) is 2.50. The van der Waals surface area contributed by atoms with Crippen LogP contribution in [0.15, 0.2) is 35.7 Å². The van der Waals surface area contributed by atoms with Gasteiger partial charge < -0.3 is 0 Å². The van der Waals surface area contributed by atoms with Gasteiger partial charge in [0, 0.05) is 18.5 Å². The molecule has 0 saturated heterocycles. The van der Waals surface area contributed by atoms with Gasteiger partial charge in [0.1, 0.15) is 0 Å². The second kappa shape index (κ2) is 5.98. The van der Waals surface area contributed by atoms with Gasteiger partial charge >= 0.3 is 0 Å². The standard InChI is InChI=1S/C13H19NO2S/c1-4-12(2)14(3)17(15,16)11-10-13-8-6-5-7-9-13/h5-12H,4H2,1-3H3/b11-10+. The maximum atomic E-state index is 11.9. The van der Waals surface area contributed by atoms with Crippen molar-refractivity contribution < 1.29 is 8.42 Å². The van der Waals surface area contributed by atoms with Gasteiger partial charge in [-0.25, -0.2) is 8.42 Å². The molecule has 0 radical (unpaired) electrons. The quantitative estimate of drug-likeness (QED) is 0.809. The third kappa shape index (κ3) is 3.98. The average molecular weight is 253 g/mol. The third-order valence-electron chi connectivity index (χ3n) is 2.84. The minimum Gasteiger partial charge on any atom is -0.208 e. The highest BCUT2D eigenvalue weighted by atomic mass is 32.2. The first-order valence-corrected chi connectivity index (χ1v) is 7.19. The van der Waals surface area contributed by atoms with Crippen molar-refractivity contribution in [1.29, 1.82) is 0 Å². The lowest BCUT2D eigenvalue weighted by Gasteiger charge is -2.21. The molecule has 1 unspecified atom stereocenters. The van der Waals surface area contributed by atoms with Gasteiger partial charge in [0.05, 0.1) is 0 Å². The molecule has 0 spiro atoms. The van der Waals surface area contributed by atoms with Crippen molar-refractivity contribution in [3.8, 4) is 0 Å². The Morgan fingerprint density at radius 3 is 2.41 bits per heavy atom. The minimum absolute atomic E-state index is 0.0143. The Kier molecular flexibility index (Phi) is 4.90. The molecule has 17 heavy (non-hydrogen) atoms. The summed E-state index contributed by atoms with van der Waals surface area (Å²) in [5.41, 5.74) is 0.883. The van der Waals surface area contributed by atoms with Crippen LogP contribution in [0.1, 0.15) is 25.8 Å².